The summed E-state index contributed by atoms with van der Waals surface area (Å²) >= 11 is 7.75. The summed E-state index contributed by atoms with van der Waals surface area (Å²) in [4.78, 5) is 23.7. The number of halogens is 1. The van der Waals surface area contributed by atoms with E-state index in [0.717, 1.165) is 59.0 Å². The van der Waals surface area contributed by atoms with Gasteiger partial charge >= 0.3 is 0 Å². The second kappa shape index (κ2) is 13.3. The molecule has 1 N–H and O–H groups in total. The van der Waals surface area contributed by atoms with Crippen molar-refractivity contribution in [3.63, 3.8) is 0 Å². The molecule has 0 aliphatic carbocycles. The van der Waals surface area contributed by atoms with Gasteiger partial charge in [-0.25, -0.2) is 4.98 Å². The number of hydrogen-bond donors (Lipinski definition) is 1. The molecule has 2 aliphatic rings. The Labute approximate surface area is 252 Å². The summed E-state index contributed by atoms with van der Waals surface area (Å²) in [7, 11) is 1.74. The number of carbonyl (C=O) groups is 1. The molecular formula is C33H39ClN4O2S. The number of hydrogen-bond acceptors (Lipinski definition) is 6. The number of anilines is 1. The SMILES string of the molecule is CCc1cccc(CC)c1N1CC(c2nc(-c3ccc(Cl)cc3)cs2)=CC(C(=O)N2CCNCC2)=C1CC(C)OC. The van der Waals surface area contributed by atoms with Gasteiger partial charge in [0.25, 0.3) is 5.91 Å². The quantitative estimate of drug-likeness (QED) is 0.304. The molecule has 0 radical (unpaired) electrons. The summed E-state index contributed by atoms with van der Waals surface area (Å²) < 4.78 is 5.76. The highest BCUT2D eigenvalue weighted by Crippen LogP contribution is 2.40. The Morgan fingerprint density at radius 2 is 1.78 bits per heavy atom. The molecule has 2 aliphatic heterocycles. The predicted molar refractivity (Wildman–Crippen MR) is 171 cm³/mol. The van der Waals surface area contributed by atoms with Gasteiger partial charge < -0.3 is 19.9 Å². The van der Waals surface area contributed by atoms with Crippen molar-refractivity contribution in [3.05, 3.63) is 86.3 Å². The molecule has 0 saturated carbocycles. The van der Waals surface area contributed by atoms with Gasteiger partial charge in [-0.15, -0.1) is 11.3 Å². The van der Waals surface area contributed by atoms with Crippen molar-refractivity contribution in [3.8, 4) is 11.3 Å². The molecule has 1 amide bonds. The van der Waals surface area contributed by atoms with Gasteiger partial charge in [-0.1, -0.05) is 55.8 Å². The van der Waals surface area contributed by atoms with Gasteiger partial charge in [0.15, 0.2) is 0 Å². The van der Waals surface area contributed by atoms with Crippen molar-refractivity contribution in [2.75, 3.05) is 44.7 Å². The number of aryl methyl sites for hydroxylation is 2. The number of piperazine rings is 1. The molecular weight excluding hydrogens is 552 g/mol. The molecule has 6 nitrogen and oxygen atoms in total. The van der Waals surface area contributed by atoms with Crippen LogP contribution in [0.5, 0.6) is 0 Å². The lowest BCUT2D eigenvalue weighted by Crippen LogP contribution is -2.47. The first-order valence-electron chi connectivity index (χ1n) is 14.5. The monoisotopic (exact) mass is 590 g/mol. The number of amides is 1. The molecule has 216 valence electrons. The van der Waals surface area contributed by atoms with E-state index in [9.17, 15) is 4.79 Å². The standard InChI is InChI=1S/C33H39ClN4O2S/c1-5-23-8-7-9-24(6-2)31(23)38-20-26(32-36-29(21-41-32)25-10-12-27(34)13-11-25)19-28(30(38)18-22(3)40-4)33(39)37-16-14-35-15-17-37/h7-13,19,21-22,35H,5-6,14-18,20H2,1-4H3. The van der Waals surface area contributed by atoms with Crippen molar-refractivity contribution in [1.82, 2.24) is 15.2 Å². The number of ether oxygens (including phenoxy) is 1. The molecule has 3 aromatic rings. The van der Waals surface area contributed by atoms with Crippen LogP contribution in [0.2, 0.25) is 5.02 Å². The van der Waals surface area contributed by atoms with E-state index in [-0.39, 0.29) is 12.0 Å². The zero-order valence-electron chi connectivity index (χ0n) is 24.4. The fraction of sp³-hybridized carbons (Fsp3) is 0.394. The summed E-state index contributed by atoms with van der Waals surface area (Å²) in [6, 6.07) is 14.3. The number of nitrogens with one attached hydrogen (secondary N) is 1. The van der Waals surface area contributed by atoms with E-state index in [1.807, 2.05) is 29.2 Å². The minimum atomic E-state index is -0.0384. The molecule has 1 saturated heterocycles. The van der Waals surface area contributed by atoms with Gasteiger partial charge in [0, 0.05) is 72.6 Å². The smallest absolute Gasteiger partial charge is 0.255 e. The molecule has 41 heavy (non-hydrogen) atoms. The lowest BCUT2D eigenvalue weighted by atomic mass is 9.94. The van der Waals surface area contributed by atoms with Crippen molar-refractivity contribution in [1.29, 1.82) is 0 Å². The van der Waals surface area contributed by atoms with Gasteiger partial charge in [-0.05, 0) is 49.1 Å². The minimum Gasteiger partial charge on any atom is -0.381 e. The zero-order valence-corrected chi connectivity index (χ0v) is 25.9. The van der Waals surface area contributed by atoms with Crippen LogP contribution in [-0.2, 0) is 22.4 Å². The van der Waals surface area contributed by atoms with Gasteiger partial charge in [0.2, 0.25) is 0 Å². The molecule has 1 aromatic heterocycles. The van der Waals surface area contributed by atoms with Crippen LogP contribution in [0.4, 0.5) is 5.69 Å². The Morgan fingerprint density at radius 3 is 2.41 bits per heavy atom. The number of benzene rings is 2. The van der Waals surface area contributed by atoms with Crippen LogP contribution in [0.1, 0.15) is 43.3 Å². The van der Waals surface area contributed by atoms with Crippen LogP contribution in [0.25, 0.3) is 16.8 Å². The van der Waals surface area contributed by atoms with E-state index in [1.54, 1.807) is 18.4 Å². The zero-order chi connectivity index (χ0) is 28.9. The molecule has 2 aromatic carbocycles. The third-order valence-electron chi connectivity index (χ3n) is 7.96. The number of carbonyl (C=O) groups excluding carboxylic acids is 1. The molecule has 1 atom stereocenters. The molecule has 8 heteroatoms. The Morgan fingerprint density at radius 1 is 1.10 bits per heavy atom. The summed E-state index contributed by atoms with van der Waals surface area (Å²) in [5.74, 6) is 0.0773. The lowest BCUT2D eigenvalue weighted by molar-refractivity contribution is -0.127. The second-order valence-corrected chi connectivity index (χ2v) is 11.9. The normalized spacial score (nSPS) is 16.7. The fourth-order valence-corrected chi connectivity index (χ4v) is 6.56. The first-order valence-corrected chi connectivity index (χ1v) is 15.8. The van der Waals surface area contributed by atoms with Crippen LogP contribution in [-0.4, -0.2) is 61.7 Å². The van der Waals surface area contributed by atoms with Gasteiger partial charge in [-0.2, -0.15) is 0 Å². The predicted octanol–water partition coefficient (Wildman–Crippen LogP) is 6.60. The Balaban J connectivity index is 1.67. The first-order chi connectivity index (χ1) is 19.9. The topological polar surface area (TPSA) is 57.7 Å². The molecule has 1 unspecified atom stereocenters. The minimum absolute atomic E-state index is 0.0384. The molecule has 3 heterocycles. The average Bonchev–Trinajstić information content (AvgIpc) is 3.51. The maximum absolute atomic E-state index is 14.3. The number of rotatable bonds is 9. The van der Waals surface area contributed by atoms with Crippen molar-refractivity contribution >= 4 is 40.1 Å². The number of para-hydroxylation sites is 1. The second-order valence-electron chi connectivity index (χ2n) is 10.6. The van der Waals surface area contributed by atoms with E-state index in [1.165, 1.54) is 16.8 Å². The fourth-order valence-electron chi connectivity index (χ4n) is 5.59. The molecule has 0 bridgehead atoms. The van der Waals surface area contributed by atoms with Gasteiger partial charge in [0.1, 0.15) is 5.01 Å². The summed E-state index contributed by atoms with van der Waals surface area (Å²) in [5, 5.41) is 7.09. The number of thiazole rings is 1. The molecule has 0 spiro atoms. The van der Waals surface area contributed by atoms with Gasteiger partial charge in [-0.3, -0.25) is 4.79 Å². The average molecular weight is 591 g/mol. The Hall–Kier alpha value is -2.97. The van der Waals surface area contributed by atoms with E-state index in [2.05, 4.69) is 60.6 Å². The van der Waals surface area contributed by atoms with E-state index < -0.39 is 0 Å². The number of nitrogens with zero attached hydrogens (tertiary/aromatic N) is 3. The van der Waals surface area contributed by atoms with Crippen molar-refractivity contribution < 1.29 is 9.53 Å². The summed E-state index contributed by atoms with van der Waals surface area (Å²) in [6.07, 6.45) is 4.52. The highest BCUT2D eigenvalue weighted by molar-refractivity contribution is 7.11. The first kappa shape index (κ1) is 29.5. The maximum atomic E-state index is 14.3. The summed E-state index contributed by atoms with van der Waals surface area (Å²) in [6.45, 7) is 10.1. The molecule has 5 rings (SSSR count). The number of methoxy groups -OCH3 is 1. The van der Waals surface area contributed by atoms with Crippen LogP contribution in [0.3, 0.4) is 0 Å². The van der Waals surface area contributed by atoms with Crippen LogP contribution in [0.15, 0.2) is 65.2 Å². The third kappa shape index (κ3) is 6.44. The highest BCUT2D eigenvalue weighted by atomic mass is 35.5. The third-order valence-corrected chi connectivity index (χ3v) is 9.13. The largest absolute Gasteiger partial charge is 0.381 e. The summed E-state index contributed by atoms with van der Waals surface area (Å²) in [5.41, 5.74) is 8.53. The van der Waals surface area contributed by atoms with Crippen molar-refractivity contribution in [2.45, 2.75) is 46.1 Å². The van der Waals surface area contributed by atoms with E-state index in [4.69, 9.17) is 21.3 Å². The van der Waals surface area contributed by atoms with Gasteiger partial charge in [0.05, 0.1) is 23.9 Å². The highest BCUT2D eigenvalue weighted by Gasteiger charge is 2.32. The Bertz CT molecular complexity index is 1420. The Kier molecular flexibility index (Phi) is 9.60. The van der Waals surface area contributed by atoms with Crippen LogP contribution < -0.4 is 10.2 Å². The lowest BCUT2D eigenvalue weighted by Gasteiger charge is -2.38. The maximum Gasteiger partial charge on any atom is 0.255 e. The van der Waals surface area contributed by atoms with Crippen LogP contribution in [0, 0.1) is 0 Å². The van der Waals surface area contributed by atoms with E-state index >= 15 is 0 Å². The van der Waals surface area contributed by atoms with Crippen molar-refractivity contribution in [2.24, 2.45) is 0 Å². The van der Waals surface area contributed by atoms with E-state index in [0.29, 0.717) is 31.1 Å². The molecule has 1 fully saturated rings. The van der Waals surface area contributed by atoms with Crippen LogP contribution >= 0.6 is 22.9 Å². The number of aromatic nitrogens is 1.